The van der Waals surface area contributed by atoms with Crippen molar-refractivity contribution in [3.63, 3.8) is 0 Å². The lowest BCUT2D eigenvalue weighted by molar-refractivity contribution is 0.611. The second-order valence-corrected chi connectivity index (χ2v) is 9.17. The number of rotatable bonds is 6. The van der Waals surface area contributed by atoms with Crippen molar-refractivity contribution in [2.75, 3.05) is 11.1 Å². The summed E-state index contributed by atoms with van der Waals surface area (Å²) in [6.45, 7) is 4.02. The summed E-state index contributed by atoms with van der Waals surface area (Å²) in [5.41, 5.74) is 9.97. The number of imidazole rings is 1. The van der Waals surface area contributed by atoms with Crippen LogP contribution in [0.1, 0.15) is 25.2 Å². The van der Waals surface area contributed by atoms with Crippen LogP contribution in [0.3, 0.4) is 0 Å². The summed E-state index contributed by atoms with van der Waals surface area (Å²) in [6.07, 6.45) is 14.4. The first kappa shape index (κ1) is 24.8. The minimum atomic E-state index is -0.525. The van der Waals surface area contributed by atoms with E-state index in [1.54, 1.807) is 36.8 Å². The van der Waals surface area contributed by atoms with Gasteiger partial charge < -0.3 is 16.0 Å². The predicted octanol–water partition coefficient (Wildman–Crippen LogP) is 5.66. The number of terminal acetylenes is 1. The maximum Gasteiger partial charge on any atom is 0.177 e. The molecule has 0 amide bonds. The summed E-state index contributed by atoms with van der Waals surface area (Å²) in [4.78, 5) is 21.3. The Morgan fingerprint density at radius 3 is 2.61 bits per heavy atom. The molecule has 0 aliphatic rings. The minimum Gasteiger partial charge on any atom is -0.397 e. The lowest BCUT2D eigenvalue weighted by Gasteiger charge is -2.12. The first-order valence-corrected chi connectivity index (χ1v) is 11.8. The van der Waals surface area contributed by atoms with Gasteiger partial charge in [0.25, 0.3) is 0 Å². The maximum atomic E-state index is 15.6. The normalized spacial score (nSPS) is 10.9. The van der Waals surface area contributed by atoms with E-state index < -0.39 is 5.82 Å². The second kappa shape index (κ2) is 10.5. The number of pyridine rings is 3. The molecule has 0 aliphatic heterocycles. The molecular formula is C26H23F2N7S. The minimum absolute atomic E-state index is 0.122. The zero-order valence-corrected chi connectivity index (χ0v) is 20.4. The van der Waals surface area contributed by atoms with Crippen molar-refractivity contribution in [1.29, 1.82) is 0 Å². The third-order valence-electron chi connectivity index (χ3n) is 5.22. The van der Waals surface area contributed by atoms with Crippen LogP contribution in [-0.4, -0.2) is 31.0 Å². The molecule has 10 heteroatoms. The van der Waals surface area contributed by atoms with Gasteiger partial charge in [-0.2, -0.15) is 4.39 Å². The van der Waals surface area contributed by atoms with Gasteiger partial charge in [0.1, 0.15) is 22.7 Å². The van der Waals surface area contributed by atoms with Crippen LogP contribution in [0.5, 0.6) is 0 Å². The topological polar surface area (TPSA) is 105 Å². The summed E-state index contributed by atoms with van der Waals surface area (Å²) in [6, 6.07) is 6.84. The number of halogens is 2. The summed E-state index contributed by atoms with van der Waals surface area (Å²) < 4.78 is 29.2. The number of H-pyrrole nitrogens is 1. The highest BCUT2D eigenvalue weighted by Gasteiger charge is 2.19. The highest BCUT2D eigenvalue weighted by molar-refractivity contribution is 7.13. The molecule has 4 N–H and O–H groups in total. The van der Waals surface area contributed by atoms with E-state index >= 15 is 4.39 Å². The Morgan fingerprint density at radius 1 is 1.08 bits per heavy atom. The molecule has 36 heavy (non-hydrogen) atoms. The van der Waals surface area contributed by atoms with Crippen molar-refractivity contribution < 1.29 is 8.78 Å². The number of hydrogen-bond donors (Lipinski definition) is 3. The van der Waals surface area contributed by atoms with E-state index in [0.29, 0.717) is 27.5 Å². The maximum absolute atomic E-state index is 15.6. The Bertz CT molecular complexity index is 1540. The van der Waals surface area contributed by atoms with Crippen LogP contribution >= 0.6 is 11.3 Å². The number of anilines is 2. The van der Waals surface area contributed by atoms with Gasteiger partial charge in [0.15, 0.2) is 10.9 Å². The summed E-state index contributed by atoms with van der Waals surface area (Å²) in [5, 5.41) is 2.95. The van der Waals surface area contributed by atoms with Crippen molar-refractivity contribution in [3.05, 3.63) is 71.4 Å². The van der Waals surface area contributed by atoms with Crippen LogP contribution in [0, 0.1) is 23.8 Å². The van der Waals surface area contributed by atoms with Gasteiger partial charge >= 0.3 is 0 Å². The molecule has 0 radical (unpaired) electrons. The predicted molar refractivity (Wildman–Crippen MR) is 140 cm³/mol. The molecule has 182 valence electrons. The van der Waals surface area contributed by atoms with Crippen LogP contribution in [0.15, 0.2) is 49.1 Å². The van der Waals surface area contributed by atoms with Gasteiger partial charge in [-0.15, -0.1) is 24.2 Å². The third kappa shape index (κ3) is 5.01. The second-order valence-electron chi connectivity index (χ2n) is 8.14. The fraction of sp³-hybridized carbons (Fsp3) is 0.154. The number of nitrogens with one attached hydrogen (secondary N) is 2. The first-order chi connectivity index (χ1) is 17.4. The van der Waals surface area contributed by atoms with E-state index in [4.69, 9.17) is 5.73 Å². The molecule has 7 nitrogen and oxygen atoms in total. The van der Waals surface area contributed by atoms with Gasteiger partial charge in [0.05, 0.1) is 28.0 Å². The number of hydrogen-bond acceptors (Lipinski definition) is 7. The van der Waals surface area contributed by atoms with Gasteiger partial charge in [-0.3, -0.25) is 15.0 Å². The monoisotopic (exact) mass is 503 g/mol. The lowest BCUT2D eigenvalue weighted by Crippen LogP contribution is -2.10. The Morgan fingerprint density at radius 2 is 1.89 bits per heavy atom. The van der Waals surface area contributed by atoms with E-state index in [0.717, 1.165) is 22.5 Å². The Balaban J connectivity index is 0.00000148. The van der Waals surface area contributed by atoms with E-state index in [1.165, 1.54) is 12.3 Å². The molecule has 5 rings (SSSR count). The van der Waals surface area contributed by atoms with Crippen molar-refractivity contribution in [1.82, 2.24) is 24.9 Å². The Hall–Kier alpha value is -4.36. The molecule has 5 aromatic rings. The Kier molecular flexibility index (Phi) is 7.22. The smallest absolute Gasteiger partial charge is 0.177 e. The first-order valence-electron chi connectivity index (χ1n) is 11.0. The van der Waals surface area contributed by atoms with Gasteiger partial charge in [-0.25, -0.2) is 9.37 Å². The van der Waals surface area contributed by atoms with Crippen molar-refractivity contribution >= 4 is 33.7 Å². The number of fused-ring (bicyclic) bond motifs is 1. The SMILES string of the molecule is C#C.CC(C)Nc1cncc(-c2ncc(N)c(Cc3nc4c(-c5ccc(F)s5)nccc4[nH]3)c2F)c1. The lowest BCUT2D eigenvalue weighted by atomic mass is 10.1. The summed E-state index contributed by atoms with van der Waals surface area (Å²) in [7, 11) is 0. The van der Waals surface area contributed by atoms with E-state index in [9.17, 15) is 4.39 Å². The fourth-order valence-corrected chi connectivity index (χ4v) is 4.49. The Labute approximate surface area is 210 Å². The van der Waals surface area contributed by atoms with Crippen LogP contribution in [0.4, 0.5) is 20.2 Å². The molecule has 0 aliphatic carbocycles. The molecule has 0 fully saturated rings. The number of aromatic nitrogens is 5. The van der Waals surface area contributed by atoms with Gasteiger partial charge in [-0.05, 0) is 38.1 Å². The molecule has 0 bridgehead atoms. The zero-order valence-electron chi connectivity index (χ0n) is 19.6. The molecule has 0 saturated carbocycles. The van der Waals surface area contributed by atoms with Gasteiger partial charge in [-0.1, -0.05) is 0 Å². The summed E-state index contributed by atoms with van der Waals surface area (Å²) in [5.74, 6) is -0.0139. The molecule has 0 aromatic carbocycles. The largest absolute Gasteiger partial charge is 0.397 e. The molecule has 5 heterocycles. The van der Waals surface area contributed by atoms with Crippen molar-refractivity contribution in [2.45, 2.75) is 26.3 Å². The molecule has 0 unspecified atom stereocenters. The molecule has 0 saturated heterocycles. The third-order valence-corrected chi connectivity index (χ3v) is 6.10. The molecule has 0 spiro atoms. The van der Waals surface area contributed by atoms with E-state index in [-0.39, 0.29) is 34.5 Å². The highest BCUT2D eigenvalue weighted by atomic mass is 32.1. The van der Waals surface area contributed by atoms with Crippen LogP contribution in [0.25, 0.3) is 32.9 Å². The van der Waals surface area contributed by atoms with E-state index in [2.05, 4.69) is 43.1 Å². The quantitative estimate of drug-likeness (QED) is 0.258. The number of thiophene rings is 1. The van der Waals surface area contributed by atoms with Crippen LogP contribution in [-0.2, 0) is 6.42 Å². The van der Waals surface area contributed by atoms with Crippen LogP contribution < -0.4 is 11.1 Å². The number of nitrogen functional groups attached to an aromatic ring is 1. The highest BCUT2D eigenvalue weighted by Crippen LogP contribution is 2.32. The fourth-order valence-electron chi connectivity index (χ4n) is 3.76. The van der Waals surface area contributed by atoms with Crippen molar-refractivity contribution in [2.24, 2.45) is 0 Å². The number of aromatic amines is 1. The summed E-state index contributed by atoms with van der Waals surface area (Å²) >= 11 is 0.996. The molecule has 0 atom stereocenters. The van der Waals surface area contributed by atoms with Gasteiger partial charge in [0.2, 0.25) is 0 Å². The molecular weight excluding hydrogens is 480 g/mol. The average molecular weight is 504 g/mol. The van der Waals surface area contributed by atoms with Gasteiger partial charge in [0, 0.05) is 42.2 Å². The van der Waals surface area contributed by atoms with Crippen LogP contribution in [0.2, 0.25) is 0 Å². The number of nitrogens with two attached hydrogens (primary N) is 1. The van der Waals surface area contributed by atoms with E-state index in [1.807, 2.05) is 13.8 Å². The number of nitrogens with zero attached hydrogens (tertiary/aromatic N) is 4. The zero-order chi connectivity index (χ0) is 25.8. The molecule has 5 aromatic heterocycles. The van der Waals surface area contributed by atoms with Crippen molar-refractivity contribution in [3.8, 4) is 34.7 Å². The standard InChI is InChI=1S/C24H21F2N7S.C2H2/c1-12(2)31-14-7-13(9-28-10-14)22-21(26)15(16(27)11-30-22)8-20-32-17-5-6-29-24(23(17)33-20)18-3-4-19(25)34-18;1-2/h3-7,9-12,31H,8,27H2,1-2H3,(H,32,33);1-2H. The average Bonchev–Trinajstić information content (AvgIpc) is 3.48.